The van der Waals surface area contributed by atoms with Gasteiger partial charge in [-0.25, -0.2) is 4.79 Å². The highest BCUT2D eigenvalue weighted by molar-refractivity contribution is 5.57. The van der Waals surface area contributed by atoms with Crippen molar-refractivity contribution in [3.8, 4) is 11.3 Å². The van der Waals surface area contributed by atoms with Crippen molar-refractivity contribution < 1.29 is 4.42 Å². The fourth-order valence-corrected chi connectivity index (χ4v) is 1.42. The highest BCUT2D eigenvalue weighted by Gasteiger charge is 2.05. The summed E-state index contributed by atoms with van der Waals surface area (Å²) in [7, 11) is 0. The molecule has 1 aromatic carbocycles. The Bertz CT molecular complexity index is 524. The molecule has 2 rings (SSSR count). The molecule has 0 bridgehead atoms. The fraction of sp³-hybridized carbons (Fsp3) is 0.154. The van der Waals surface area contributed by atoms with Crippen LogP contribution in [0.15, 0.2) is 45.6 Å². The van der Waals surface area contributed by atoms with Gasteiger partial charge in [-0.3, -0.25) is 0 Å². The minimum absolute atomic E-state index is 0.256. The molecule has 0 saturated carbocycles. The molecule has 15 heavy (non-hydrogen) atoms. The highest BCUT2D eigenvalue weighted by atomic mass is 16.4. The van der Waals surface area contributed by atoms with Gasteiger partial charge in [-0.15, -0.1) is 0 Å². The van der Waals surface area contributed by atoms with Crippen molar-refractivity contribution in [2.24, 2.45) is 0 Å². The van der Waals surface area contributed by atoms with Crippen LogP contribution in [0, 0.1) is 13.8 Å². The Morgan fingerprint density at radius 1 is 1.07 bits per heavy atom. The number of benzene rings is 1. The van der Waals surface area contributed by atoms with Crippen molar-refractivity contribution in [3.05, 3.63) is 57.9 Å². The van der Waals surface area contributed by atoms with Gasteiger partial charge in [-0.05, 0) is 25.5 Å². The molecule has 0 aliphatic rings. The first-order valence-electron chi connectivity index (χ1n) is 4.85. The lowest BCUT2D eigenvalue weighted by Gasteiger charge is -2.02. The Balaban J connectivity index is 2.61. The lowest BCUT2D eigenvalue weighted by molar-refractivity contribution is 0.518. The molecule has 0 amide bonds. The molecular formula is C13H12O2. The SMILES string of the molecule is Cc1cc(-c2ccccc2)oc(=O)c1C. The molecule has 1 heterocycles. The first-order chi connectivity index (χ1) is 7.18. The molecule has 0 N–H and O–H groups in total. The molecule has 2 aromatic rings. The summed E-state index contributed by atoms with van der Waals surface area (Å²) in [5, 5.41) is 0. The summed E-state index contributed by atoms with van der Waals surface area (Å²) in [6.45, 7) is 3.69. The fourth-order valence-electron chi connectivity index (χ4n) is 1.42. The van der Waals surface area contributed by atoms with Gasteiger partial charge in [0.05, 0.1) is 0 Å². The Hall–Kier alpha value is -1.83. The van der Waals surface area contributed by atoms with Crippen LogP contribution in [0.25, 0.3) is 11.3 Å². The Morgan fingerprint density at radius 3 is 2.33 bits per heavy atom. The number of rotatable bonds is 1. The van der Waals surface area contributed by atoms with Crippen LogP contribution in [-0.2, 0) is 0 Å². The first-order valence-corrected chi connectivity index (χ1v) is 4.85. The van der Waals surface area contributed by atoms with Crippen LogP contribution in [0.2, 0.25) is 0 Å². The zero-order chi connectivity index (χ0) is 10.8. The maximum Gasteiger partial charge on any atom is 0.339 e. The van der Waals surface area contributed by atoms with Gasteiger partial charge in [0.1, 0.15) is 5.76 Å². The predicted molar refractivity (Wildman–Crippen MR) is 59.9 cm³/mol. The Kier molecular flexibility index (Phi) is 2.42. The van der Waals surface area contributed by atoms with E-state index in [-0.39, 0.29) is 5.63 Å². The summed E-state index contributed by atoms with van der Waals surface area (Å²) in [4.78, 5) is 11.5. The summed E-state index contributed by atoms with van der Waals surface area (Å²) in [6, 6.07) is 11.5. The maximum absolute atomic E-state index is 11.5. The normalized spacial score (nSPS) is 10.3. The van der Waals surface area contributed by atoms with Crippen molar-refractivity contribution in [2.75, 3.05) is 0 Å². The molecule has 0 radical (unpaired) electrons. The minimum Gasteiger partial charge on any atom is -0.423 e. The van der Waals surface area contributed by atoms with Crippen LogP contribution < -0.4 is 5.63 Å². The first kappa shape index (κ1) is 9.71. The monoisotopic (exact) mass is 200 g/mol. The van der Waals surface area contributed by atoms with E-state index in [2.05, 4.69) is 0 Å². The Morgan fingerprint density at radius 2 is 1.73 bits per heavy atom. The van der Waals surface area contributed by atoms with E-state index in [0.29, 0.717) is 11.3 Å². The van der Waals surface area contributed by atoms with Crippen molar-refractivity contribution in [1.82, 2.24) is 0 Å². The van der Waals surface area contributed by atoms with E-state index in [4.69, 9.17) is 4.42 Å². The van der Waals surface area contributed by atoms with E-state index in [1.165, 1.54) is 0 Å². The summed E-state index contributed by atoms with van der Waals surface area (Å²) in [6.07, 6.45) is 0. The molecule has 0 aliphatic heterocycles. The van der Waals surface area contributed by atoms with Gasteiger partial charge >= 0.3 is 5.63 Å². The highest BCUT2D eigenvalue weighted by Crippen LogP contribution is 2.19. The van der Waals surface area contributed by atoms with Gasteiger partial charge < -0.3 is 4.42 Å². The summed E-state index contributed by atoms with van der Waals surface area (Å²) < 4.78 is 5.22. The van der Waals surface area contributed by atoms with E-state index in [9.17, 15) is 4.79 Å². The van der Waals surface area contributed by atoms with Crippen LogP contribution >= 0.6 is 0 Å². The topological polar surface area (TPSA) is 30.2 Å². The summed E-state index contributed by atoms with van der Waals surface area (Å²) >= 11 is 0. The molecule has 1 aromatic heterocycles. The average Bonchev–Trinajstić information content (AvgIpc) is 2.26. The third kappa shape index (κ3) is 1.84. The smallest absolute Gasteiger partial charge is 0.339 e. The van der Waals surface area contributed by atoms with Crippen molar-refractivity contribution in [3.63, 3.8) is 0 Å². The van der Waals surface area contributed by atoms with E-state index in [1.54, 1.807) is 6.92 Å². The number of aryl methyl sites for hydroxylation is 1. The summed E-state index contributed by atoms with van der Waals surface area (Å²) in [5.41, 5.74) is 2.31. The molecule has 0 spiro atoms. The van der Waals surface area contributed by atoms with E-state index in [1.807, 2.05) is 43.3 Å². The van der Waals surface area contributed by atoms with E-state index < -0.39 is 0 Å². The molecule has 0 aliphatic carbocycles. The zero-order valence-corrected chi connectivity index (χ0v) is 8.78. The predicted octanol–water partition coefficient (Wildman–Crippen LogP) is 2.92. The van der Waals surface area contributed by atoms with Crippen molar-refractivity contribution >= 4 is 0 Å². The maximum atomic E-state index is 11.5. The second kappa shape index (κ2) is 3.73. The molecule has 2 nitrogen and oxygen atoms in total. The lowest BCUT2D eigenvalue weighted by atomic mass is 10.1. The number of hydrogen-bond donors (Lipinski definition) is 0. The van der Waals surface area contributed by atoms with Crippen LogP contribution in [-0.4, -0.2) is 0 Å². The molecule has 2 heteroatoms. The second-order valence-electron chi connectivity index (χ2n) is 3.57. The van der Waals surface area contributed by atoms with Gasteiger partial charge in [-0.2, -0.15) is 0 Å². The van der Waals surface area contributed by atoms with Crippen molar-refractivity contribution in [2.45, 2.75) is 13.8 Å². The van der Waals surface area contributed by atoms with Gasteiger partial charge in [0, 0.05) is 11.1 Å². The van der Waals surface area contributed by atoms with Crippen molar-refractivity contribution in [1.29, 1.82) is 0 Å². The van der Waals surface area contributed by atoms with Crippen LogP contribution in [0.1, 0.15) is 11.1 Å². The minimum atomic E-state index is -0.256. The summed E-state index contributed by atoms with van der Waals surface area (Å²) in [5.74, 6) is 0.628. The third-order valence-electron chi connectivity index (χ3n) is 2.51. The van der Waals surface area contributed by atoms with Gasteiger partial charge in [0.2, 0.25) is 0 Å². The molecular weight excluding hydrogens is 188 g/mol. The second-order valence-corrected chi connectivity index (χ2v) is 3.57. The van der Waals surface area contributed by atoms with Crippen LogP contribution in [0.4, 0.5) is 0 Å². The lowest BCUT2D eigenvalue weighted by Crippen LogP contribution is -2.05. The van der Waals surface area contributed by atoms with Crippen LogP contribution in [0.3, 0.4) is 0 Å². The third-order valence-corrected chi connectivity index (χ3v) is 2.51. The quantitative estimate of drug-likeness (QED) is 0.708. The zero-order valence-electron chi connectivity index (χ0n) is 8.78. The largest absolute Gasteiger partial charge is 0.423 e. The molecule has 0 atom stereocenters. The van der Waals surface area contributed by atoms with E-state index >= 15 is 0 Å². The molecule has 0 saturated heterocycles. The average molecular weight is 200 g/mol. The molecule has 0 fully saturated rings. The van der Waals surface area contributed by atoms with Gasteiger partial charge in [0.15, 0.2) is 0 Å². The van der Waals surface area contributed by atoms with E-state index in [0.717, 1.165) is 11.1 Å². The van der Waals surface area contributed by atoms with Gasteiger partial charge in [-0.1, -0.05) is 30.3 Å². The van der Waals surface area contributed by atoms with Crippen LogP contribution in [0.5, 0.6) is 0 Å². The van der Waals surface area contributed by atoms with Gasteiger partial charge in [0.25, 0.3) is 0 Å². The Labute approximate surface area is 88.2 Å². The standard InChI is InChI=1S/C13H12O2/c1-9-8-12(15-13(14)10(9)2)11-6-4-3-5-7-11/h3-8H,1-2H3. The molecule has 76 valence electrons. The number of hydrogen-bond acceptors (Lipinski definition) is 2. The molecule has 0 unspecified atom stereocenters.